The van der Waals surface area contributed by atoms with E-state index < -0.39 is 18.2 Å². The van der Waals surface area contributed by atoms with Gasteiger partial charge in [-0.1, -0.05) is 6.07 Å². The maximum absolute atomic E-state index is 12.6. The van der Waals surface area contributed by atoms with E-state index in [2.05, 4.69) is 0 Å². The number of aliphatic hydroxyl groups excluding tert-OH is 1. The highest BCUT2D eigenvalue weighted by Gasteiger charge is 2.44. The molecule has 0 bridgehead atoms. The molecule has 2 aromatic rings. The molecule has 29 heavy (non-hydrogen) atoms. The second-order valence-corrected chi connectivity index (χ2v) is 7.92. The molecule has 1 saturated heterocycles. The number of rotatable bonds is 4. The lowest BCUT2D eigenvalue weighted by Crippen LogP contribution is -2.42. The zero-order valence-electron chi connectivity index (χ0n) is 15.9. The number of nitrogens with zero attached hydrogens (tertiary/aromatic N) is 1. The number of fused-ring (bicyclic) bond motifs is 1. The summed E-state index contributed by atoms with van der Waals surface area (Å²) in [6.07, 6.45) is 0.120. The Morgan fingerprint density at radius 2 is 1.93 bits per heavy atom. The molecule has 0 spiro atoms. The highest BCUT2D eigenvalue weighted by Crippen LogP contribution is 2.38. The van der Waals surface area contributed by atoms with Crippen molar-refractivity contribution in [2.75, 3.05) is 20.2 Å². The van der Waals surface area contributed by atoms with Gasteiger partial charge in [-0.15, -0.1) is 0 Å². The first kappa shape index (κ1) is 19.8. The van der Waals surface area contributed by atoms with Crippen LogP contribution in [0.2, 0.25) is 5.22 Å². The fourth-order valence-corrected chi connectivity index (χ4v) is 4.40. The van der Waals surface area contributed by atoms with Gasteiger partial charge in [-0.05, 0) is 66.6 Å². The maximum Gasteiger partial charge on any atom is 0.337 e. The number of carbonyl (C=O) groups is 2. The molecule has 1 aromatic heterocycles. The summed E-state index contributed by atoms with van der Waals surface area (Å²) in [5.41, 5.74) is 0.392. The number of furan rings is 1. The van der Waals surface area contributed by atoms with Gasteiger partial charge < -0.3 is 23.9 Å². The number of halogens is 1. The number of hydrogen-bond acceptors (Lipinski definition) is 6. The van der Waals surface area contributed by atoms with Gasteiger partial charge in [-0.2, -0.15) is 0 Å². The normalized spacial score (nSPS) is 26.1. The van der Waals surface area contributed by atoms with Gasteiger partial charge in [0.2, 0.25) is 0 Å². The van der Waals surface area contributed by atoms with Crippen molar-refractivity contribution in [1.29, 1.82) is 0 Å². The van der Waals surface area contributed by atoms with Crippen molar-refractivity contribution < 1.29 is 28.6 Å². The van der Waals surface area contributed by atoms with Crippen molar-refractivity contribution in [3.8, 4) is 5.75 Å². The van der Waals surface area contributed by atoms with Crippen molar-refractivity contribution in [3.05, 3.63) is 52.9 Å². The summed E-state index contributed by atoms with van der Waals surface area (Å²) in [6.45, 7) is 1.15. The molecule has 4 atom stereocenters. The number of amides is 1. The van der Waals surface area contributed by atoms with E-state index >= 15 is 0 Å². The van der Waals surface area contributed by atoms with Crippen LogP contribution in [0.1, 0.15) is 33.8 Å². The lowest BCUT2D eigenvalue weighted by atomic mass is 9.78. The number of esters is 1. The minimum absolute atomic E-state index is 0.183. The summed E-state index contributed by atoms with van der Waals surface area (Å²) in [4.78, 5) is 26.1. The van der Waals surface area contributed by atoms with E-state index in [-0.39, 0.29) is 28.7 Å². The van der Waals surface area contributed by atoms with E-state index in [1.54, 1.807) is 41.3 Å². The predicted octanol–water partition coefficient (Wildman–Crippen LogP) is 3.01. The largest absolute Gasteiger partial charge is 0.488 e. The monoisotopic (exact) mass is 419 g/mol. The molecule has 1 amide bonds. The molecule has 8 heteroatoms. The van der Waals surface area contributed by atoms with Crippen LogP contribution < -0.4 is 4.74 Å². The van der Waals surface area contributed by atoms with Gasteiger partial charge in [0.25, 0.3) is 5.91 Å². The molecule has 1 aliphatic heterocycles. The topological polar surface area (TPSA) is 89.2 Å². The van der Waals surface area contributed by atoms with Crippen LogP contribution in [0.3, 0.4) is 0 Å². The van der Waals surface area contributed by atoms with Crippen LogP contribution in [-0.2, 0) is 4.74 Å². The third-order valence-corrected chi connectivity index (χ3v) is 5.90. The fourth-order valence-electron chi connectivity index (χ4n) is 4.26. The highest BCUT2D eigenvalue weighted by atomic mass is 35.5. The van der Waals surface area contributed by atoms with Crippen LogP contribution in [-0.4, -0.2) is 54.3 Å². The molecule has 2 fully saturated rings. The van der Waals surface area contributed by atoms with Crippen LogP contribution >= 0.6 is 11.6 Å². The van der Waals surface area contributed by atoms with Gasteiger partial charge in [-0.25, -0.2) is 4.79 Å². The van der Waals surface area contributed by atoms with Gasteiger partial charge in [0.15, 0.2) is 11.0 Å². The predicted molar refractivity (Wildman–Crippen MR) is 104 cm³/mol. The van der Waals surface area contributed by atoms with Crippen LogP contribution in [0.4, 0.5) is 0 Å². The summed E-state index contributed by atoms with van der Waals surface area (Å²) >= 11 is 5.77. The van der Waals surface area contributed by atoms with Crippen LogP contribution in [0.25, 0.3) is 0 Å². The number of likely N-dealkylation sites (tertiary alicyclic amines) is 1. The quantitative estimate of drug-likeness (QED) is 0.766. The van der Waals surface area contributed by atoms with Gasteiger partial charge >= 0.3 is 5.97 Å². The summed E-state index contributed by atoms with van der Waals surface area (Å²) in [5.74, 6) is 0.530. The zero-order valence-corrected chi connectivity index (χ0v) is 16.7. The number of carbonyl (C=O) groups excluding carboxylic acids is 2. The van der Waals surface area contributed by atoms with Gasteiger partial charge in [0, 0.05) is 13.1 Å². The second kappa shape index (κ2) is 8.08. The van der Waals surface area contributed by atoms with Gasteiger partial charge in [-0.3, -0.25) is 4.79 Å². The van der Waals surface area contributed by atoms with Crippen molar-refractivity contribution in [3.63, 3.8) is 0 Å². The third kappa shape index (κ3) is 4.11. The first-order valence-corrected chi connectivity index (χ1v) is 9.90. The van der Waals surface area contributed by atoms with E-state index in [0.717, 1.165) is 0 Å². The average Bonchev–Trinajstić information content (AvgIpc) is 3.33. The molecule has 4 rings (SSSR count). The van der Waals surface area contributed by atoms with Crippen LogP contribution in [0.5, 0.6) is 5.75 Å². The fraction of sp³-hybridized carbons (Fsp3) is 0.429. The van der Waals surface area contributed by atoms with Crippen molar-refractivity contribution in [2.24, 2.45) is 11.8 Å². The molecule has 154 valence electrons. The van der Waals surface area contributed by atoms with E-state index in [1.165, 1.54) is 7.11 Å². The standard InChI is InChI=1S/C21H22ClNO6/c1-27-21(26)12-3-2-4-15(7-12)28-18-9-14-11-23(10-13(14)8-16(18)24)20(25)17-5-6-19(22)29-17/h2-7,13-14,16,18,24H,8-11H2,1H3/t13-,14+,16+,18+/m0/s1. The van der Waals surface area contributed by atoms with Gasteiger partial charge in [0.1, 0.15) is 11.9 Å². The minimum Gasteiger partial charge on any atom is -0.488 e. The Morgan fingerprint density at radius 1 is 1.17 bits per heavy atom. The zero-order chi connectivity index (χ0) is 20.5. The number of benzene rings is 1. The maximum atomic E-state index is 12.6. The molecule has 0 radical (unpaired) electrons. The molecular weight excluding hydrogens is 398 g/mol. The van der Waals surface area contributed by atoms with E-state index in [4.69, 9.17) is 25.5 Å². The Kier molecular flexibility index (Phi) is 5.52. The number of ether oxygens (including phenoxy) is 2. The third-order valence-electron chi connectivity index (χ3n) is 5.70. The number of aliphatic hydroxyl groups is 1. The minimum atomic E-state index is -0.647. The lowest BCUT2D eigenvalue weighted by molar-refractivity contribution is -0.0231. The summed E-state index contributed by atoms with van der Waals surface area (Å²) in [7, 11) is 1.32. The number of methoxy groups -OCH3 is 1. The molecule has 2 aliphatic rings. The van der Waals surface area contributed by atoms with E-state index in [9.17, 15) is 14.7 Å². The molecule has 1 aliphatic carbocycles. The van der Waals surface area contributed by atoms with Crippen molar-refractivity contribution in [2.45, 2.75) is 25.0 Å². The Bertz CT molecular complexity index is 912. The Hall–Kier alpha value is -2.51. The van der Waals surface area contributed by atoms with Gasteiger partial charge in [0.05, 0.1) is 18.8 Å². The average molecular weight is 420 g/mol. The highest BCUT2D eigenvalue weighted by molar-refractivity contribution is 6.29. The SMILES string of the molecule is COC(=O)c1cccc(O[C@@H]2C[C@@H]3CN(C(=O)c4ccc(Cl)o4)C[C@@H]3C[C@H]2O)c1. The lowest BCUT2D eigenvalue weighted by Gasteiger charge is -2.35. The smallest absolute Gasteiger partial charge is 0.337 e. The first-order chi connectivity index (χ1) is 13.9. The Morgan fingerprint density at radius 3 is 2.62 bits per heavy atom. The second-order valence-electron chi connectivity index (χ2n) is 7.55. The molecule has 7 nitrogen and oxygen atoms in total. The first-order valence-electron chi connectivity index (χ1n) is 9.52. The van der Waals surface area contributed by atoms with E-state index in [1.807, 2.05) is 0 Å². The van der Waals surface area contributed by atoms with Crippen molar-refractivity contribution >= 4 is 23.5 Å². The Balaban J connectivity index is 1.42. The molecular formula is C21H22ClNO6. The van der Waals surface area contributed by atoms with Crippen molar-refractivity contribution in [1.82, 2.24) is 4.90 Å². The van der Waals surface area contributed by atoms with E-state index in [0.29, 0.717) is 37.2 Å². The summed E-state index contributed by atoms with van der Waals surface area (Å²) in [6, 6.07) is 9.83. The molecule has 1 aromatic carbocycles. The molecule has 0 unspecified atom stereocenters. The molecule has 2 heterocycles. The number of hydrogen-bond donors (Lipinski definition) is 1. The van der Waals surface area contributed by atoms with Crippen LogP contribution in [0.15, 0.2) is 40.8 Å². The summed E-state index contributed by atoms with van der Waals surface area (Å²) in [5, 5.41) is 10.8. The Labute approximate surface area is 173 Å². The summed E-state index contributed by atoms with van der Waals surface area (Å²) < 4.78 is 16.0. The van der Waals surface area contributed by atoms with Crippen LogP contribution in [0, 0.1) is 11.8 Å². The molecule has 1 N–H and O–H groups in total. The molecule has 1 saturated carbocycles.